The van der Waals surface area contributed by atoms with E-state index < -0.39 is 0 Å². The van der Waals surface area contributed by atoms with Crippen molar-refractivity contribution in [2.75, 3.05) is 0 Å². The summed E-state index contributed by atoms with van der Waals surface area (Å²) in [5.41, 5.74) is 1.15. The van der Waals surface area contributed by atoms with Crippen LogP contribution in [-0.4, -0.2) is 14.9 Å². The lowest BCUT2D eigenvalue weighted by Crippen LogP contribution is -1.99. The predicted molar refractivity (Wildman–Crippen MR) is 57.1 cm³/mol. The highest BCUT2D eigenvalue weighted by Gasteiger charge is 1.97. The molecule has 0 fully saturated rings. The Morgan fingerprint density at radius 1 is 1.29 bits per heavy atom. The van der Waals surface area contributed by atoms with Crippen molar-refractivity contribution in [1.29, 1.82) is 0 Å². The first-order chi connectivity index (χ1) is 6.74. The van der Waals surface area contributed by atoms with Gasteiger partial charge in [0.15, 0.2) is 5.75 Å². The molecule has 0 aliphatic carbocycles. The van der Waals surface area contributed by atoms with Gasteiger partial charge in [0.2, 0.25) is 0 Å². The van der Waals surface area contributed by atoms with E-state index in [0.29, 0.717) is 6.54 Å². The summed E-state index contributed by atoms with van der Waals surface area (Å²) in [7, 11) is 0. The van der Waals surface area contributed by atoms with Crippen LogP contribution in [0.25, 0.3) is 0 Å². The van der Waals surface area contributed by atoms with Crippen molar-refractivity contribution in [2.24, 2.45) is 0 Å². The van der Waals surface area contributed by atoms with Crippen molar-refractivity contribution in [3.8, 4) is 5.75 Å². The van der Waals surface area contributed by atoms with Gasteiger partial charge in [0.05, 0.1) is 18.9 Å². The Bertz CT molecular complexity index is 422. The Labute approximate surface area is 90.1 Å². The van der Waals surface area contributed by atoms with Crippen molar-refractivity contribution < 1.29 is 5.11 Å². The van der Waals surface area contributed by atoms with Crippen LogP contribution in [0, 0.1) is 0 Å². The fraction of sp³-hybridized carbons (Fsp3) is 0.100. The standard InChI is InChI=1S/C10H9BrN2O/c11-9-3-1-8(2-4-9)6-13-7-10(14)5-12-13/h1-5,7,14H,6H2. The van der Waals surface area contributed by atoms with Crippen molar-refractivity contribution in [2.45, 2.75) is 6.54 Å². The molecule has 1 aromatic carbocycles. The van der Waals surface area contributed by atoms with Crippen molar-refractivity contribution >= 4 is 15.9 Å². The molecule has 0 aliphatic rings. The summed E-state index contributed by atoms with van der Waals surface area (Å²) >= 11 is 3.37. The van der Waals surface area contributed by atoms with Crippen LogP contribution in [0.15, 0.2) is 41.1 Å². The normalized spacial score (nSPS) is 10.4. The Kier molecular flexibility index (Phi) is 2.54. The quantitative estimate of drug-likeness (QED) is 0.892. The molecule has 4 heteroatoms. The molecule has 0 unspecified atom stereocenters. The zero-order valence-corrected chi connectivity index (χ0v) is 8.98. The number of benzene rings is 1. The lowest BCUT2D eigenvalue weighted by molar-refractivity contribution is 0.474. The highest BCUT2D eigenvalue weighted by molar-refractivity contribution is 9.10. The molecule has 0 radical (unpaired) electrons. The molecule has 2 rings (SSSR count). The van der Waals surface area contributed by atoms with Crippen molar-refractivity contribution in [1.82, 2.24) is 9.78 Å². The zero-order chi connectivity index (χ0) is 9.97. The summed E-state index contributed by atoms with van der Waals surface area (Å²) in [5, 5.41) is 13.1. The lowest BCUT2D eigenvalue weighted by atomic mass is 10.2. The first-order valence-corrected chi connectivity index (χ1v) is 4.99. The van der Waals surface area contributed by atoms with Crippen molar-refractivity contribution in [3.63, 3.8) is 0 Å². The van der Waals surface area contributed by atoms with E-state index in [1.165, 1.54) is 6.20 Å². The summed E-state index contributed by atoms with van der Waals surface area (Å²) in [4.78, 5) is 0. The van der Waals surface area contributed by atoms with E-state index in [2.05, 4.69) is 21.0 Å². The van der Waals surface area contributed by atoms with Gasteiger partial charge in [-0.25, -0.2) is 0 Å². The van der Waals surface area contributed by atoms with Crippen LogP contribution >= 0.6 is 15.9 Å². The van der Waals surface area contributed by atoms with Crippen LogP contribution in [0.5, 0.6) is 5.75 Å². The molecule has 14 heavy (non-hydrogen) atoms. The molecule has 0 saturated heterocycles. The summed E-state index contributed by atoms with van der Waals surface area (Å²) in [6.45, 7) is 0.674. The van der Waals surface area contributed by atoms with Crippen LogP contribution in [0.1, 0.15) is 5.56 Å². The van der Waals surface area contributed by atoms with E-state index in [-0.39, 0.29) is 5.75 Å². The molecule has 0 atom stereocenters. The van der Waals surface area contributed by atoms with Crippen LogP contribution in [0.3, 0.4) is 0 Å². The van der Waals surface area contributed by atoms with E-state index in [4.69, 9.17) is 5.11 Å². The first-order valence-electron chi connectivity index (χ1n) is 4.20. The van der Waals surface area contributed by atoms with E-state index in [9.17, 15) is 0 Å². The first kappa shape index (κ1) is 9.27. The molecule has 0 spiro atoms. The van der Waals surface area contributed by atoms with Gasteiger partial charge < -0.3 is 5.11 Å². The molecule has 1 N–H and O–H groups in total. The average molecular weight is 253 g/mol. The van der Waals surface area contributed by atoms with E-state index >= 15 is 0 Å². The van der Waals surface area contributed by atoms with Crippen LogP contribution in [-0.2, 0) is 6.54 Å². The van der Waals surface area contributed by atoms with E-state index in [0.717, 1.165) is 10.0 Å². The summed E-state index contributed by atoms with van der Waals surface area (Å²) < 4.78 is 2.75. The second-order valence-electron chi connectivity index (χ2n) is 3.02. The number of halogens is 1. The zero-order valence-electron chi connectivity index (χ0n) is 7.39. The van der Waals surface area contributed by atoms with Gasteiger partial charge in [0, 0.05) is 4.47 Å². The Morgan fingerprint density at radius 2 is 2.00 bits per heavy atom. The van der Waals surface area contributed by atoms with Crippen molar-refractivity contribution in [3.05, 3.63) is 46.7 Å². The third kappa shape index (κ3) is 2.14. The maximum atomic E-state index is 9.08. The monoisotopic (exact) mass is 252 g/mol. The number of aromatic nitrogens is 2. The molecule has 2 aromatic rings. The largest absolute Gasteiger partial charge is 0.505 e. The SMILES string of the molecule is Oc1cnn(Cc2ccc(Br)cc2)c1. The molecular formula is C10H9BrN2O. The van der Waals surface area contributed by atoms with Crippen LogP contribution < -0.4 is 0 Å². The van der Waals surface area contributed by atoms with Gasteiger partial charge in [-0.1, -0.05) is 28.1 Å². The molecule has 0 aliphatic heterocycles. The fourth-order valence-corrected chi connectivity index (χ4v) is 1.48. The number of hydrogen-bond donors (Lipinski definition) is 1. The number of rotatable bonds is 2. The Balaban J connectivity index is 2.15. The third-order valence-corrected chi connectivity index (χ3v) is 2.41. The molecule has 1 heterocycles. The minimum Gasteiger partial charge on any atom is -0.505 e. The van der Waals surface area contributed by atoms with E-state index in [1.54, 1.807) is 10.9 Å². The number of aromatic hydroxyl groups is 1. The summed E-state index contributed by atoms with van der Waals surface area (Å²) in [6, 6.07) is 8.00. The lowest BCUT2D eigenvalue weighted by Gasteiger charge is -2.01. The van der Waals surface area contributed by atoms with Gasteiger partial charge in [-0.05, 0) is 17.7 Å². The molecule has 0 bridgehead atoms. The van der Waals surface area contributed by atoms with Gasteiger partial charge in [-0.3, -0.25) is 4.68 Å². The maximum Gasteiger partial charge on any atom is 0.153 e. The summed E-state index contributed by atoms with van der Waals surface area (Å²) in [5.74, 6) is 0.196. The maximum absolute atomic E-state index is 9.08. The highest BCUT2D eigenvalue weighted by Crippen LogP contribution is 2.12. The molecule has 0 amide bonds. The average Bonchev–Trinajstić information content (AvgIpc) is 2.56. The number of hydrogen-bond acceptors (Lipinski definition) is 2. The molecule has 0 saturated carbocycles. The number of nitrogens with zero attached hydrogens (tertiary/aromatic N) is 2. The van der Waals surface area contributed by atoms with Gasteiger partial charge in [0.1, 0.15) is 0 Å². The molecular weight excluding hydrogens is 244 g/mol. The van der Waals surface area contributed by atoms with E-state index in [1.807, 2.05) is 24.3 Å². The third-order valence-electron chi connectivity index (χ3n) is 1.88. The fourth-order valence-electron chi connectivity index (χ4n) is 1.22. The van der Waals surface area contributed by atoms with Gasteiger partial charge >= 0.3 is 0 Å². The topological polar surface area (TPSA) is 38.1 Å². The highest BCUT2D eigenvalue weighted by atomic mass is 79.9. The Hall–Kier alpha value is -1.29. The summed E-state index contributed by atoms with van der Waals surface area (Å²) in [6.07, 6.45) is 3.03. The molecule has 1 aromatic heterocycles. The van der Waals surface area contributed by atoms with Gasteiger partial charge in [0.25, 0.3) is 0 Å². The van der Waals surface area contributed by atoms with Crippen LogP contribution in [0.2, 0.25) is 0 Å². The minimum absolute atomic E-state index is 0.196. The smallest absolute Gasteiger partial charge is 0.153 e. The molecule has 72 valence electrons. The minimum atomic E-state index is 0.196. The van der Waals surface area contributed by atoms with Crippen LogP contribution in [0.4, 0.5) is 0 Å². The van der Waals surface area contributed by atoms with Gasteiger partial charge in [-0.15, -0.1) is 0 Å². The molecule has 3 nitrogen and oxygen atoms in total. The Morgan fingerprint density at radius 3 is 2.57 bits per heavy atom. The second kappa shape index (κ2) is 3.84. The van der Waals surface area contributed by atoms with Gasteiger partial charge in [-0.2, -0.15) is 5.10 Å². The predicted octanol–water partition coefficient (Wildman–Crippen LogP) is 2.40. The second-order valence-corrected chi connectivity index (χ2v) is 3.94.